The smallest absolute Gasteiger partial charge is 0.123 e. The summed E-state index contributed by atoms with van der Waals surface area (Å²) >= 11 is 9.52. The van der Waals surface area contributed by atoms with E-state index < -0.39 is 0 Å². The summed E-state index contributed by atoms with van der Waals surface area (Å²) in [6, 6.07) is 8.08. The zero-order valence-corrected chi connectivity index (χ0v) is 10.6. The summed E-state index contributed by atoms with van der Waals surface area (Å²) in [6.45, 7) is 0. The third kappa shape index (κ3) is 2.25. The second kappa shape index (κ2) is 4.93. The van der Waals surface area contributed by atoms with Gasteiger partial charge in [0.25, 0.3) is 0 Å². The Morgan fingerprint density at radius 1 is 1.31 bits per heavy atom. The van der Waals surface area contributed by atoms with Crippen molar-refractivity contribution < 1.29 is 4.39 Å². The van der Waals surface area contributed by atoms with E-state index in [1.54, 1.807) is 18.3 Å². The van der Waals surface area contributed by atoms with Gasteiger partial charge in [-0.25, -0.2) is 4.39 Å². The van der Waals surface area contributed by atoms with E-state index in [-0.39, 0.29) is 5.82 Å². The first-order chi connectivity index (χ1) is 7.72. The van der Waals surface area contributed by atoms with Gasteiger partial charge in [0.05, 0.1) is 10.7 Å². The average molecular weight is 301 g/mol. The SMILES string of the molecule is Fc1cccc(-c2nccc(CBr)c2Cl)c1. The van der Waals surface area contributed by atoms with Crippen molar-refractivity contribution in [2.24, 2.45) is 0 Å². The molecule has 0 N–H and O–H groups in total. The second-order valence-corrected chi connectivity index (χ2v) is 4.22. The van der Waals surface area contributed by atoms with Crippen LogP contribution in [0.5, 0.6) is 0 Å². The van der Waals surface area contributed by atoms with Crippen LogP contribution in [0.2, 0.25) is 5.02 Å². The number of rotatable bonds is 2. The minimum atomic E-state index is -0.292. The van der Waals surface area contributed by atoms with Gasteiger partial charge in [-0.05, 0) is 23.8 Å². The Hall–Kier alpha value is -0.930. The first-order valence-electron chi connectivity index (χ1n) is 4.67. The van der Waals surface area contributed by atoms with Gasteiger partial charge in [-0.15, -0.1) is 0 Å². The van der Waals surface area contributed by atoms with Crippen LogP contribution in [-0.2, 0) is 5.33 Å². The molecule has 2 aromatic rings. The van der Waals surface area contributed by atoms with Crippen molar-refractivity contribution in [2.45, 2.75) is 5.33 Å². The number of alkyl halides is 1. The molecule has 82 valence electrons. The fourth-order valence-corrected chi connectivity index (χ4v) is 2.34. The third-order valence-corrected chi connectivity index (χ3v) is 3.24. The zero-order chi connectivity index (χ0) is 11.5. The first-order valence-corrected chi connectivity index (χ1v) is 6.17. The molecule has 4 heteroatoms. The highest BCUT2D eigenvalue weighted by atomic mass is 79.9. The molecule has 0 fully saturated rings. The van der Waals surface area contributed by atoms with Gasteiger partial charge in [0.15, 0.2) is 0 Å². The van der Waals surface area contributed by atoms with E-state index >= 15 is 0 Å². The van der Waals surface area contributed by atoms with Gasteiger partial charge < -0.3 is 0 Å². The molecule has 0 radical (unpaired) electrons. The molecule has 0 aliphatic rings. The van der Waals surface area contributed by atoms with Crippen molar-refractivity contribution >= 4 is 27.5 Å². The van der Waals surface area contributed by atoms with Crippen LogP contribution in [0.1, 0.15) is 5.56 Å². The lowest BCUT2D eigenvalue weighted by atomic mass is 10.1. The van der Waals surface area contributed by atoms with Crippen molar-refractivity contribution in [1.29, 1.82) is 0 Å². The van der Waals surface area contributed by atoms with Gasteiger partial charge in [-0.3, -0.25) is 4.98 Å². The maximum atomic E-state index is 13.1. The van der Waals surface area contributed by atoms with E-state index in [0.29, 0.717) is 21.6 Å². The predicted molar refractivity (Wildman–Crippen MR) is 67.3 cm³/mol. The number of halogens is 3. The quantitative estimate of drug-likeness (QED) is 0.747. The monoisotopic (exact) mass is 299 g/mol. The molecule has 0 atom stereocenters. The second-order valence-electron chi connectivity index (χ2n) is 3.28. The van der Waals surface area contributed by atoms with Crippen molar-refractivity contribution in [3.8, 4) is 11.3 Å². The van der Waals surface area contributed by atoms with E-state index in [1.165, 1.54) is 12.1 Å². The number of hydrogen-bond donors (Lipinski definition) is 0. The van der Waals surface area contributed by atoms with Crippen LogP contribution in [0.3, 0.4) is 0 Å². The zero-order valence-electron chi connectivity index (χ0n) is 8.25. The van der Waals surface area contributed by atoms with Crippen molar-refractivity contribution in [1.82, 2.24) is 4.98 Å². The molecule has 0 aliphatic heterocycles. The molecular formula is C12H8BrClFN. The Balaban J connectivity index is 2.56. The van der Waals surface area contributed by atoms with E-state index in [2.05, 4.69) is 20.9 Å². The summed E-state index contributed by atoms with van der Waals surface area (Å²) < 4.78 is 13.1. The van der Waals surface area contributed by atoms with Gasteiger partial charge in [0.1, 0.15) is 5.82 Å². The highest BCUT2D eigenvalue weighted by Gasteiger charge is 2.09. The van der Waals surface area contributed by atoms with E-state index in [0.717, 1.165) is 5.56 Å². The number of nitrogens with zero attached hydrogens (tertiary/aromatic N) is 1. The Kier molecular flexibility index (Phi) is 3.56. The average Bonchev–Trinajstić information content (AvgIpc) is 2.29. The Bertz CT molecular complexity index is 516. The van der Waals surface area contributed by atoms with Gasteiger partial charge in [-0.1, -0.05) is 39.7 Å². The lowest BCUT2D eigenvalue weighted by Gasteiger charge is -2.06. The van der Waals surface area contributed by atoms with Gasteiger partial charge in [-0.2, -0.15) is 0 Å². The molecule has 0 saturated carbocycles. The highest BCUT2D eigenvalue weighted by Crippen LogP contribution is 2.29. The molecule has 0 amide bonds. The number of aromatic nitrogens is 1. The molecule has 0 bridgehead atoms. The number of benzene rings is 1. The fourth-order valence-electron chi connectivity index (χ4n) is 1.42. The van der Waals surface area contributed by atoms with Gasteiger partial charge in [0.2, 0.25) is 0 Å². The van der Waals surface area contributed by atoms with E-state index in [9.17, 15) is 4.39 Å². The van der Waals surface area contributed by atoms with Crippen LogP contribution in [0.4, 0.5) is 4.39 Å². The fraction of sp³-hybridized carbons (Fsp3) is 0.0833. The molecule has 0 spiro atoms. The van der Waals surface area contributed by atoms with Crippen molar-refractivity contribution in [2.75, 3.05) is 0 Å². The lowest BCUT2D eigenvalue weighted by Crippen LogP contribution is -1.89. The third-order valence-electron chi connectivity index (χ3n) is 2.21. The predicted octanol–water partition coefficient (Wildman–Crippen LogP) is 4.44. The maximum absolute atomic E-state index is 13.1. The number of hydrogen-bond acceptors (Lipinski definition) is 1. The molecule has 1 nitrogen and oxygen atoms in total. The molecule has 1 aromatic heterocycles. The standard InChI is InChI=1S/C12H8BrClFN/c13-7-9-4-5-16-12(11(9)14)8-2-1-3-10(15)6-8/h1-6H,7H2. The van der Waals surface area contributed by atoms with Crippen LogP contribution < -0.4 is 0 Å². The topological polar surface area (TPSA) is 12.9 Å². The normalized spacial score (nSPS) is 10.4. The molecule has 0 saturated heterocycles. The summed E-state index contributed by atoms with van der Waals surface area (Å²) in [5, 5.41) is 1.21. The largest absolute Gasteiger partial charge is 0.255 e. The van der Waals surface area contributed by atoms with Crippen LogP contribution >= 0.6 is 27.5 Å². The van der Waals surface area contributed by atoms with E-state index in [1.807, 2.05) is 6.07 Å². The molecule has 0 unspecified atom stereocenters. The van der Waals surface area contributed by atoms with Crippen LogP contribution in [0, 0.1) is 5.82 Å². The molecular weight excluding hydrogens is 292 g/mol. The summed E-state index contributed by atoms with van der Waals surface area (Å²) in [4.78, 5) is 4.18. The van der Waals surface area contributed by atoms with Gasteiger partial charge >= 0.3 is 0 Å². The van der Waals surface area contributed by atoms with Gasteiger partial charge in [0, 0.05) is 17.1 Å². The Morgan fingerprint density at radius 3 is 2.81 bits per heavy atom. The maximum Gasteiger partial charge on any atom is 0.123 e. The summed E-state index contributed by atoms with van der Waals surface area (Å²) in [7, 11) is 0. The summed E-state index contributed by atoms with van der Waals surface area (Å²) in [5.74, 6) is -0.292. The van der Waals surface area contributed by atoms with E-state index in [4.69, 9.17) is 11.6 Å². The van der Waals surface area contributed by atoms with Crippen LogP contribution in [-0.4, -0.2) is 4.98 Å². The van der Waals surface area contributed by atoms with Crippen molar-refractivity contribution in [3.63, 3.8) is 0 Å². The minimum absolute atomic E-state index is 0.292. The van der Waals surface area contributed by atoms with Crippen LogP contribution in [0.25, 0.3) is 11.3 Å². The summed E-state index contributed by atoms with van der Waals surface area (Å²) in [6.07, 6.45) is 1.67. The lowest BCUT2D eigenvalue weighted by molar-refractivity contribution is 0.628. The van der Waals surface area contributed by atoms with Crippen LogP contribution in [0.15, 0.2) is 36.5 Å². The molecule has 1 aromatic carbocycles. The summed E-state index contributed by atoms with van der Waals surface area (Å²) in [5.41, 5.74) is 2.24. The Labute approximate surface area is 106 Å². The molecule has 16 heavy (non-hydrogen) atoms. The molecule has 0 aliphatic carbocycles. The highest BCUT2D eigenvalue weighted by molar-refractivity contribution is 9.08. The first kappa shape index (κ1) is 11.6. The molecule has 2 rings (SSSR count). The molecule has 1 heterocycles. The number of pyridine rings is 1. The minimum Gasteiger partial charge on any atom is -0.255 e. The Morgan fingerprint density at radius 2 is 2.12 bits per heavy atom. The van der Waals surface area contributed by atoms with Crippen molar-refractivity contribution in [3.05, 3.63) is 52.9 Å².